The number of imide groups is 1. The SMILES string of the molecule is COc1ncnc(SCC2=[N+](C)C(=O)N(C)C(=O)C2[N+](=O)[O-])c1NC(C)=O. The number of nitrogens with one attached hydrogen (secondary N) is 1. The quantitative estimate of drug-likeness (QED) is 0.227. The van der Waals surface area contributed by atoms with Crippen LogP contribution in [0, 0.1) is 10.1 Å². The third-order valence-corrected chi connectivity index (χ3v) is 4.75. The molecule has 4 amide bonds. The minimum absolute atomic E-state index is 0.00412. The predicted octanol–water partition coefficient (Wildman–Crippen LogP) is -0.144. The summed E-state index contributed by atoms with van der Waals surface area (Å²) in [6.45, 7) is 1.29. The molecule has 1 aliphatic rings. The number of thioether (sulfide) groups is 1. The molecule has 144 valence electrons. The summed E-state index contributed by atoms with van der Waals surface area (Å²) >= 11 is 1.00. The van der Waals surface area contributed by atoms with E-state index in [-0.39, 0.29) is 34.0 Å². The number of ether oxygens (including phenoxy) is 1. The van der Waals surface area contributed by atoms with E-state index in [4.69, 9.17) is 4.74 Å². The van der Waals surface area contributed by atoms with E-state index in [9.17, 15) is 24.5 Å². The average molecular weight is 397 g/mol. The number of methoxy groups -OCH3 is 1. The second-order valence-corrected chi connectivity index (χ2v) is 6.42. The topological polar surface area (TPSA) is 148 Å². The lowest BCUT2D eigenvalue weighted by Gasteiger charge is -2.20. The van der Waals surface area contributed by atoms with Crippen LogP contribution in [0.3, 0.4) is 0 Å². The number of rotatable bonds is 6. The summed E-state index contributed by atoms with van der Waals surface area (Å²) in [4.78, 5) is 55.0. The lowest BCUT2D eigenvalue weighted by molar-refractivity contribution is -0.509. The van der Waals surface area contributed by atoms with Gasteiger partial charge >= 0.3 is 18.0 Å². The van der Waals surface area contributed by atoms with Crippen molar-refractivity contribution < 1.29 is 28.6 Å². The third kappa shape index (κ3) is 4.02. The number of likely N-dealkylation sites (N-methyl/N-ethyl adjacent to an activating group) is 1. The molecule has 1 N–H and O–H groups in total. The molecule has 27 heavy (non-hydrogen) atoms. The lowest BCUT2D eigenvalue weighted by atomic mass is 10.1. The first kappa shape index (κ1) is 20.2. The summed E-state index contributed by atoms with van der Waals surface area (Å²) in [6, 6.07) is -2.35. The van der Waals surface area contributed by atoms with E-state index in [2.05, 4.69) is 15.3 Å². The standard InChI is InChI=1S/C14H16N6O6S/c1-7(21)17-9-11(26-4)15-6-16-12(9)27-5-8-10(20(24)25)13(22)19(3)14(23)18(8)2/h6,10H,5H2,1-4H3/p+1. The normalized spacial score (nSPS) is 17.2. The Morgan fingerprint density at radius 1 is 1.48 bits per heavy atom. The van der Waals surface area contributed by atoms with Gasteiger partial charge in [-0.1, -0.05) is 11.8 Å². The molecule has 12 nitrogen and oxygen atoms in total. The molecule has 0 radical (unpaired) electrons. The van der Waals surface area contributed by atoms with Crippen LogP contribution < -0.4 is 10.1 Å². The summed E-state index contributed by atoms with van der Waals surface area (Å²) in [7, 11) is 3.90. The van der Waals surface area contributed by atoms with Gasteiger partial charge in [0.1, 0.15) is 17.0 Å². The number of amides is 4. The highest BCUT2D eigenvalue weighted by Gasteiger charge is 2.52. The van der Waals surface area contributed by atoms with E-state index >= 15 is 0 Å². The minimum atomic E-state index is -1.68. The molecule has 1 aromatic rings. The van der Waals surface area contributed by atoms with Crippen molar-refractivity contribution >= 4 is 41.0 Å². The summed E-state index contributed by atoms with van der Waals surface area (Å²) in [5, 5.41) is 14.2. The van der Waals surface area contributed by atoms with Crippen LogP contribution >= 0.6 is 11.8 Å². The van der Waals surface area contributed by atoms with Gasteiger partial charge in [0.15, 0.2) is 5.71 Å². The van der Waals surface area contributed by atoms with Crippen LogP contribution in [0.15, 0.2) is 11.4 Å². The van der Waals surface area contributed by atoms with Gasteiger partial charge in [-0.2, -0.15) is 19.3 Å². The van der Waals surface area contributed by atoms with E-state index in [0.717, 1.165) is 16.3 Å². The Morgan fingerprint density at radius 3 is 2.70 bits per heavy atom. The molecule has 0 bridgehead atoms. The largest absolute Gasteiger partial charge is 0.500 e. The molecule has 2 heterocycles. The van der Waals surface area contributed by atoms with Crippen LogP contribution in [0.25, 0.3) is 0 Å². The Kier molecular flexibility index (Phi) is 6.05. The number of anilines is 1. The predicted molar refractivity (Wildman–Crippen MR) is 93.8 cm³/mol. The highest BCUT2D eigenvalue weighted by atomic mass is 32.2. The van der Waals surface area contributed by atoms with E-state index in [1.807, 2.05) is 0 Å². The zero-order valence-corrected chi connectivity index (χ0v) is 15.8. The fourth-order valence-electron chi connectivity index (χ4n) is 2.38. The van der Waals surface area contributed by atoms with Crippen LogP contribution in [-0.4, -0.2) is 80.9 Å². The Hall–Kier alpha value is -3.09. The highest BCUT2D eigenvalue weighted by Crippen LogP contribution is 2.32. The molecule has 0 saturated carbocycles. The summed E-state index contributed by atoms with van der Waals surface area (Å²) in [6.07, 6.45) is 1.21. The van der Waals surface area contributed by atoms with Crippen molar-refractivity contribution in [1.29, 1.82) is 0 Å². The first-order valence-corrected chi connectivity index (χ1v) is 8.51. The zero-order chi connectivity index (χ0) is 20.3. The van der Waals surface area contributed by atoms with Crippen LogP contribution in [-0.2, 0) is 9.59 Å². The number of aromatic nitrogens is 2. The van der Waals surface area contributed by atoms with E-state index in [1.54, 1.807) is 0 Å². The molecule has 13 heteroatoms. The van der Waals surface area contributed by atoms with Gasteiger partial charge in [-0.25, -0.2) is 9.78 Å². The van der Waals surface area contributed by atoms with Gasteiger partial charge in [0, 0.05) is 11.8 Å². The molecule has 2 rings (SSSR count). The summed E-state index contributed by atoms with van der Waals surface area (Å²) < 4.78 is 6.16. The van der Waals surface area contributed by atoms with Crippen LogP contribution in [0.4, 0.5) is 10.5 Å². The molecule has 1 aromatic heterocycles. The van der Waals surface area contributed by atoms with Gasteiger partial charge in [0.2, 0.25) is 11.8 Å². The fourth-order valence-corrected chi connectivity index (χ4v) is 3.42. The molecule has 0 fully saturated rings. The van der Waals surface area contributed by atoms with E-state index in [0.29, 0.717) is 4.90 Å². The molecule has 1 unspecified atom stereocenters. The van der Waals surface area contributed by atoms with Gasteiger partial charge in [0.05, 0.1) is 27.0 Å². The van der Waals surface area contributed by atoms with Crippen molar-refractivity contribution in [3.8, 4) is 5.88 Å². The van der Waals surface area contributed by atoms with Gasteiger partial charge in [-0.15, -0.1) is 0 Å². The van der Waals surface area contributed by atoms with E-state index in [1.165, 1.54) is 34.5 Å². The number of carbonyl (C=O) groups is 3. The highest BCUT2D eigenvalue weighted by molar-refractivity contribution is 8.00. The monoisotopic (exact) mass is 397 g/mol. The zero-order valence-electron chi connectivity index (χ0n) is 15.0. The van der Waals surface area contributed by atoms with Crippen molar-refractivity contribution in [3.05, 3.63) is 16.4 Å². The van der Waals surface area contributed by atoms with Crippen LogP contribution in [0.5, 0.6) is 5.88 Å². The number of hydrogen-bond donors (Lipinski definition) is 1. The summed E-state index contributed by atoms with van der Waals surface area (Å²) in [5.74, 6) is -1.27. The summed E-state index contributed by atoms with van der Waals surface area (Å²) in [5.41, 5.74) is 0.202. The Labute approximate surface area is 157 Å². The molecule has 0 aliphatic carbocycles. The molecule has 1 atom stereocenters. The van der Waals surface area contributed by atoms with Crippen molar-refractivity contribution in [2.75, 3.05) is 32.3 Å². The number of carbonyl (C=O) groups excluding carboxylic acids is 3. The first-order chi connectivity index (χ1) is 12.7. The average Bonchev–Trinajstić information content (AvgIpc) is 2.61. The number of hydrogen-bond acceptors (Lipinski definition) is 9. The smallest absolute Gasteiger partial charge is 0.479 e. The molecule has 0 spiro atoms. The number of urea groups is 1. The Morgan fingerprint density at radius 2 is 2.15 bits per heavy atom. The third-order valence-electron chi connectivity index (χ3n) is 3.72. The molecule has 0 saturated heterocycles. The lowest BCUT2D eigenvalue weighted by Crippen LogP contribution is -2.58. The number of nitro groups is 1. The Bertz CT molecular complexity index is 856. The fraction of sp³-hybridized carbons (Fsp3) is 0.429. The van der Waals surface area contributed by atoms with E-state index < -0.39 is 22.9 Å². The second-order valence-electron chi connectivity index (χ2n) is 5.45. The van der Waals surface area contributed by atoms with Crippen LogP contribution in [0.1, 0.15) is 6.92 Å². The van der Waals surface area contributed by atoms with Crippen molar-refractivity contribution in [1.82, 2.24) is 14.9 Å². The maximum Gasteiger partial charge on any atom is 0.500 e. The van der Waals surface area contributed by atoms with Gasteiger partial charge in [-0.05, 0) is 0 Å². The van der Waals surface area contributed by atoms with Crippen molar-refractivity contribution in [2.24, 2.45) is 0 Å². The number of nitrogens with zero attached hydrogens (tertiary/aromatic N) is 5. The van der Waals surface area contributed by atoms with Gasteiger partial charge in [0.25, 0.3) is 0 Å². The Balaban J connectivity index is 2.39. The van der Waals surface area contributed by atoms with Crippen LogP contribution in [0.2, 0.25) is 0 Å². The second kappa shape index (κ2) is 8.07. The maximum atomic E-state index is 12.2. The maximum absolute atomic E-state index is 12.2. The minimum Gasteiger partial charge on any atom is -0.479 e. The first-order valence-electron chi connectivity index (χ1n) is 7.52. The molecule has 1 aliphatic heterocycles. The molecular weight excluding hydrogens is 380 g/mol. The van der Waals surface area contributed by atoms with Crippen molar-refractivity contribution in [3.63, 3.8) is 0 Å². The van der Waals surface area contributed by atoms with Gasteiger partial charge in [-0.3, -0.25) is 14.9 Å². The van der Waals surface area contributed by atoms with Crippen molar-refractivity contribution in [2.45, 2.75) is 18.0 Å². The van der Waals surface area contributed by atoms with Gasteiger partial charge < -0.3 is 10.1 Å². The molecule has 0 aromatic carbocycles. The molecular formula is C14H17N6O6S+.